The molecule has 0 atom stereocenters. The average molecular weight is 177 g/mol. The van der Waals surface area contributed by atoms with Crippen LogP contribution in [0.1, 0.15) is 11.1 Å². The Labute approximate surface area is 75.8 Å². The first kappa shape index (κ1) is 8.19. The van der Waals surface area contributed by atoms with Crippen LogP contribution in [0.2, 0.25) is 0 Å². The fraction of sp³-hybridized carbons (Fsp3) is 0.333. The molecule has 68 valence electrons. The Bertz CT molecular complexity index is 422. The highest BCUT2D eigenvalue weighted by Crippen LogP contribution is 2.07. The van der Waals surface area contributed by atoms with Crippen molar-refractivity contribution in [3.63, 3.8) is 0 Å². The molecular formula is C9H11N3O. The minimum absolute atomic E-state index is 0.146. The largest absolute Gasteiger partial charge is 0.396 e. The van der Waals surface area contributed by atoms with Crippen molar-refractivity contribution in [1.29, 1.82) is 0 Å². The lowest BCUT2D eigenvalue weighted by atomic mass is 10.2. The quantitative estimate of drug-likeness (QED) is 0.729. The van der Waals surface area contributed by atoms with Crippen LogP contribution in [0, 0.1) is 6.92 Å². The van der Waals surface area contributed by atoms with Crippen molar-refractivity contribution in [3.8, 4) is 0 Å². The van der Waals surface area contributed by atoms with Gasteiger partial charge in [0.25, 0.3) is 0 Å². The summed E-state index contributed by atoms with van der Waals surface area (Å²) in [6.45, 7) is 2.12. The van der Waals surface area contributed by atoms with Gasteiger partial charge in [-0.1, -0.05) is 0 Å². The fourth-order valence-corrected chi connectivity index (χ4v) is 1.29. The molecule has 2 heterocycles. The van der Waals surface area contributed by atoms with Crippen LogP contribution < -0.4 is 0 Å². The molecule has 0 aliphatic carbocycles. The van der Waals surface area contributed by atoms with Crippen LogP contribution in [-0.4, -0.2) is 26.3 Å². The maximum atomic E-state index is 8.74. The molecule has 0 saturated carbocycles. The van der Waals surface area contributed by atoms with Gasteiger partial charge < -0.3 is 5.11 Å². The molecule has 0 bridgehead atoms. The van der Waals surface area contributed by atoms with E-state index in [-0.39, 0.29) is 6.61 Å². The number of hydrogen-bond acceptors (Lipinski definition) is 3. The number of aromatic nitrogens is 3. The van der Waals surface area contributed by atoms with Crippen LogP contribution >= 0.6 is 0 Å². The molecule has 2 aromatic heterocycles. The van der Waals surface area contributed by atoms with Crippen LogP contribution in [-0.2, 0) is 6.42 Å². The van der Waals surface area contributed by atoms with E-state index < -0.39 is 0 Å². The number of aliphatic hydroxyl groups excluding tert-OH is 1. The Balaban J connectivity index is 2.50. The predicted octanol–water partition coefficient (Wildman–Crippen LogP) is 0.573. The van der Waals surface area contributed by atoms with E-state index in [0.717, 1.165) is 16.8 Å². The van der Waals surface area contributed by atoms with Crippen LogP contribution in [0.15, 0.2) is 18.6 Å². The normalized spacial score (nSPS) is 10.9. The maximum absolute atomic E-state index is 8.74. The minimum atomic E-state index is 0.146. The molecular weight excluding hydrogens is 166 g/mol. The molecule has 0 saturated heterocycles. The fourth-order valence-electron chi connectivity index (χ4n) is 1.29. The summed E-state index contributed by atoms with van der Waals surface area (Å²) in [4.78, 5) is 4.25. The second-order valence-corrected chi connectivity index (χ2v) is 3.03. The van der Waals surface area contributed by atoms with E-state index in [4.69, 9.17) is 5.11 Å². The van der Waals surface area contributed by atoms with Crippen molar-refractivity contribution >= 4 is 5.65 Å². The predicted molar refractivity (Wildman–Crippen MR) is 48.5 cm³/mol. The van der Waals surface area contributed by atoms with Crippen molar-refractivity contribution in [2.75, 3.05) is 6.61 Å². The molecule has 0 aliphatic heterocycles. The molecule has 2 aromatic rings. The molecule has 0 aliphatic rings. The van der Waals surface area contributed by atoms with E-state index >= 15 is 0 Å². The van der Waals surface area contributed by atoms with E-state index in [1.807, 2.05) is 13.1 Å². The Morgan fingerprint density at radius 3 is 3.08 bits per heavy atom. The lowest BCUT2D eigenvalue weighted by Gasteiger charge is -1.98. The Morgan fingerprint density at radius 2 is 2.31 bits per heavy atom. The molecule has 1 N–H and O–H groups in total. The van der Waals surface area contributed by atoms with E-state index in [1.165, 1.54) is 0 Å². The molecule has 0 spiro atoms. The summed E-state index contributed by atoms with van der Waals surface area (Å²) in [7, 11) is 0. The highest BCUT2D eigenvalue weighted by Gasteiger charge is 2.01. The Kier molecular flexibility index (Phi) is 1.98. The summed E-state index contributed by atoms with van der Waals surface area (Å²) in [5.41, 5.74) is 2.94. The summed E-state index contributed by atoms with van der Waals surface area (Å²) in [6, 6.07) is 0. The standard InChI is InChI=1S/C9H11N3O/c1-7-4-11-12-6-8(2-3-13)5-10-9(7)12/h4-6,13H,2-3H2,1H3. The summed E-state index contributed by atoms with van der Waals surface area (Å²) < 4.78 is 1.74. The average Bonchev–Trinajstić information content (AvgIpc) is 2.48. The first-order chi connectivity index (χ1) is 6.31. The van der Waals surface area contributed by atoms with Gasteiger partial charge in [-0.05, 0) is 18.9 Å². The van der Waals surface area contributed by atoms with Gasteiger partial charge in [0.15, 0.2) is 5.65 Å². The van der Waals surface area contributed by atoms with Crippen molar-refractivity contribution in [2.24, 2.45) is 0 Å². The smallest absolute Gasteiger partial charge is 0.157 e. The van der Waals surface area contributed by atoms with Crippen molar-refractivity contribution in [2.45, 2.75) is 13.3 Å². The lowest BCUT2D eigenvalue weighted by Crippen LogP contribution is -1.97. The van der Waals surface area contributed by atoms with Crippen LogP contribution in [0.5, 0.6) is 0 Å². The number of aliphatic hydroxyl groups is 1. The van der Waals surface area contributed by atoms with Crippen LogP contribution in [0.3, 0.4) is 0 Å². The van der Waals surface area contributed by atoms with Gasteiger partial charge in [-0.3, -0.25) is 0 Å². The minimum Gasteiger partial charge on any atom is -0.396 e. The van der Waals surface area contributed by atoms with Crippen molar-refractivity contribution < 1.29 is 5.11 Å². The van der Waals surface area contributed by atoms with E-state index in [1.54, 1.807) is 16.9 Å². The van der Waals surface area contributed by atoms with Crippen molar-refractivity contribution in [3.05, 3.63) is 29.7 Å². The number of hydrogen-bond donors (Lipinski definition) is 1. The first-order valence-electron chi connectivity index (χ1n) is 4.21. The second kappa shape index (κ2) is 3.14. The second-order valence-electron chi connectivity index (χ2n) is 3.03. The highest BCUT2D eigenvalue weighted by atomic mass is 16.2. The number of fused-ring (bicyclic) bond motifs is 1. The molecule has 0 fully saturated rings. The van der Waals surface area contributed by atoms with Gasteiger partial charge in [0.2, 0.25) is 0 Å². The Hall–Kier alpha value is -1.42. The molecule has 4 nitrogen and oxygen atoms in total. The lowest BCUT2D eigenvalue weighted by molar-refractivity contribution is 0.299. The molecule has 13 heavy (non-hydrogen) atoms. The van der Waals surface area contributed by atoms with Gasteiger partial charge in [0.05, 0.1) is 6.20 Å². The highest BCUT2D eigenvalue weighted by molar-refractivity contribution is 5.45. The summed E-state index contributed by atoms with van der Waals surface area (Å²) in [5, 5.41) is 12.9. The SMILES string of the molecule is Cc1cnn2cc(CCO)cnc12. The molecule has 0 aromatic carbocycles. The van der Waals surface area contributed by atoms with Gasteiger partial charge in [-0.25, -0.2) is 9.50 Å². The third-order valence-electron chi connectivity index (χ3n) is 1.99. The molecule has 0 unspecified atom stereocenters. The number of aryl methyl sites for hydroxylation is 1. The van der Waals surface area contributed by atoms with E-state index in [0.29, 0.717) is 6.42 Å². The van der Waals surface area contributed by atoms with Gasteiger partial charge >= 0.3 is 0 Å². The zero-order chi connectivity index (χ0) is 9.26. The van der Waals surface area contributed by atoms with E-state index in [9.17, 15) is 0 Å². The summed E-state index contributed by atoms with van der Waals surface area (Å²) in [6.07, 6.45) is 6.08. The van der Waals surface area contributed by atoms with E-state index in [2.05, 4.69) is 10.1 Å². The molecule has 4 heteroatoms. The van der Waals surface area contributed by atoms with Crippen LogP contribution in [0.25, 0.3) is 5.65 Å². The van der Waals surface area contributed by atoms with Gasteiger partial charge in [-0.15, -0.1) is 0 Å². The third-order valence-corrected chi connectivity index (χ3v) is 1.99. The van der Waals surface area contributed by atoms with Gasteiger partial charge in [0.1, 0.15) is 0 Å². The Morgan fingerprint density at radius 1 is 1.46 bits per heavy atom. The van der Waals surface area contributed by atoms with Crippen molar-refractivity contribution in [1.82, 2.24) is 14.6 Å². The van der Waals surface area contributed by atoms with Crippen LogP contribution in [0.4, 0.5) is 0 Å². The first-order valence-corrected chi connectivity index (χ1v) is 4.21. The molecule has 0 amide bonds. The topological polar surface area (TPSA) is 50.4 Å². The summed E-state index contributed by atoms with van der Waals surface area (Å²) >= 11 is 0. The zero-order valence-electron chi connectivity index (χ0n) is 7.44. The van der Waals surface area contributed by atoms with Gasteiger partial charge in [-0.2, -0.15) is 5.10 Å². The monoisotopic (exact) mass is 177 g/mol. The molecule has 2 rings (SSSR count). The summed E-state index contributed by atoms with van der Waals surface area (Å²) in [5.74, 6) is 0. The number of rotatable bonds is 2. The number of nitrogens with zero attached hydrogens (tertiary/aromatic N) is 3. The van der Waals surface area contributed by atoms with Gasteiger partial charge in [0, 0.05) is 24.6 Å². The maximum Gasteiger partial charge on any atom is 0.157 e. The third kappa shape index (κ3) is 1.40. The molecule has 0 radical (unpaired) electrons. The zero-order valence-corrected chi connectivity index (χ0v) is 7.44.